The first-order chi connectivity index (χ1) is 8.11. The van der Waals surface area contributed by atoms with E-state index in [1.807, 2.05) is 0 Å². The Balaban J connectivity index is 3.75. The molecule has 6 heteroatoms. The summed E-state index contributed by atoms with van der Waals surface area (Å²) in [7, 11) is 0. The van der Waals surface area contributed by atoms with Crippen LogP contribution in [0.3, 0.4) is 0 Å². The Bertz CT molecular complexity index is 261. The van der Waals surface area contributed by atoms with E-state index in [1.54, 1.807) is 0 Å². The predicted molar refractivity (Wildman–Crippen MR) is 59.1 cm³/mol. The van der Waals surface area contributed by atoms with Crippen LogP contribution in [-0.2, 0) is 19.1 Å². The number of esters is 2. The summed E-state index contributed by atoms with van der Waals surface area (Å²) < 4.78 is 9.45. The molecular formula is C11H18O6. The number of aliphatic hydroxyl groups excluding tert-OH is 2. The minimum atomic E-state index is -0.669. The number of carbonyl (C=O) groups excluding carboxylic acids is 2. The zero-order chi connectivity index (χ0) is 13.1. The third kappa shape index (κ3) is 8.41. The van der Waals surface area contributed by atoms with Crippen LogP contribution in [0.5, 0.6) is 0 Å². The Morgan fingerprint density at radius 2 is 1.53 bits per heavy atom. The van der Waals surface area contributed by atoms with Crippen molar-refractivity contribution in [2.24, 2.45) is 0 Å². The Labute approximate surface area is 99.8 Å². The van der Waals surface area contributed by atoms with Gasteiger partial charge in [0.1, 0.15) is 0 Å². The van der Waals surface area contributed by atoms with E-state index in [1.165, 1.54) is 0 Å². The topological polar surface area (TPSA) is 93.1 Å². The lowest BCUT2D eigenvalue weighted by Crippen LogP contribution is -2.14. The molecule has 0 fully saturated rings. The first-order valence-corrected chi connectivity index (χ1v) is 5.34. The summed E-state index contributed by atoms with van der Waals surface area (Å²) in [5.74, 6) is -1.25. The van der Waals surface area contributed by atoms with Crippen LogP contribution in [0.25, 0.3) is 0 Å². The van der Waals surface area contributed by atoms with Crippen molar-refractivity contribution in [2.45, 2.75) is 19.3 Å². The average molecular weight is 246 g/mol. The highest BCUT2D eigenvalue weighted by Gasteiger charge is 2.13. The monoisotopic (exact) mass is 246 g/mol. The lowest BCUT2D eigenvalue weighted by molar-refractivity contribution is -0.146. The molecule has 98 valence electrons. The smallest absolute Gasteiger partial charge is 0.333 e. The zero-order valence-electron chi connectivity index (χ0n) is 9.68. The number of aliphatic hydroxyl groups is 2. The standard InChI is InChI=1S/C11H18O6/c1-9(11(15)17-7-3-5-13)8-10(14)16-6-2-4-12/h12-13H,1-8H2. The fraction of sp³-hybridized carbons (Fsp3) is 0.636. The molecular weight excluding hydrogens is 228 g/mol. The summed E-state index contributed by atoms with van der Waals surface area (Å²) in [5.41, 5.74) is 0.0111. The molecule has 0 spiro atoms. The van der Waals surface area contributed by atoms with E-state index in [0.717, 1.165) is 0 Å². The SMILES string of the molecule is C=C(CC(=O)OCCCO)C(=O)OCCCO. The van der Waals surface area contributed by atoms with E-state index < -0.39 is 11.9 Å². The molecule has 0 aliphatic rings. The van der Waals surface area contributed by atoms with E-state index in [9.17, 15) is 9.59 Å². The first-order valence-electron chi connectivity index (χ1n) is 5.34. The summed E-state index contributed by atoms with van der Waals surface area (Å²) in [6, 6.07) is 0. The van der Waals surface area contributed by atoms with Gasteiger partial charge < -0.3 is 19.7 Å². The van der Waals surface area contributed by atoms with Gasteiger partial charge in [-0.05, 0) is 0 Å². The summed E-state index contributed by atoms with van der Waals surface area (Å²) in [6.07, 6.45) is 0.475. The van der Waals surface area contributed by atoms with Gasteiger partial charge in [0.05, 0.1) is 19.6 Å². The van der Waals surface area contributed by atoms with Crippen LogP contribution in [-0.4, -0.2) is 48.6 Å². The average Bonchev–Trinajstić information content (AvgIpc) is 2.29. The minimum Gasteiger partial charge on any atom is -0.465 e. The van der Waals surface area contributed by atoms with Gasteiger partial charge in [-0.25, -0.2) is 4.79 Å². The van der Waals surface area contributed by atoms with Crippen molar-refractivity contribution in [3.05, 3.63) is 12.2 Å². The third-order valence-corrected chi connectivity index (χ3v) is 1.75. The van der Waals surface area contributed by atoms with Crippen molar-refractivity contribution in [3.63, 3.8) is 0 Å². The molecule has 0 aliphatic carbocycles. The van der Waals surface area contributed by atoms with Gasteiger partial charge in [-0.2, -0.15) is 0 Å². The number of ether oxygens (including phenoxy) is 2. The highest BCUT2D eigenvalue weighted by molar-refractivity contribution is 5.93. The molecule has 6 nitrogen and oxygen atoms in total. The summed E-state index contributed by atoms with van der Waals surface area (Å²) in [6.45, 7) is 3.49. The molecule has 0 aromatic carbocycles. The van der Waals surface area contributed by atoms with Crippen molar-refractivity contribution in [3.8, 4) is 0 Å². The largest absolute Gasteiger partial charge is 0.465 e. The maximum absolute atomic E-state index is 11.2. The lowest BCUT2D eigenvalue weighted by Gasteiger charge is -2.06. The van der Waals surface area contributed by atoms with Gasteiger partial charge in [0, 0.05) is 31.6 Å². The fourth-order valence-corrected chi connectivity index (χ4v) is 0.879. The highest BCUT2D eigenvalue weighted by Crippen LogP contribution is 2.03. The number of hydrogen-bond acceptors (Lipinski definition) is 6. The van der Waals surface area contributed by atoms with E-state index in [4.69, 9.17) is 19.7 Å². The molecule has 0 radical (unpaired) electrons. The van der Waals surface area contributed by atoms with Crippen molar-refractivity contribution in [2.75, 3.05) is 26.4 Å². The van der Waals surface area contributed by atoms with Gasteiger partial charge in [-0.15, -0.1) is 0 Å². The molecule has 0 bridgehead atoms. The third-order valence-electron chi connectivity index (χ3n) is 1.75. The van der Waals surface area contributed by atoms with Gasteiger partial charge in [0.2, 0.25) is 0 Å². The summed E-state index contributed by atoms with van der Waals surface area (Å²) in [4.78, 5) is 22.4. The van der Waals surface area contributed by atoms with Gasteiger partial charge in [0.15, 0.2) is 0 Å². The van der Waals surface area contributed by atoms with Crippen molar-refractivity contribution >= 4 is 11.9 Å². The Kier molecular flexibility index (Phi) is 8.99. The van der Waals surface area contributed by atoms with Crippen molar-refractivity contribution < 1.29 is 29.3 Å². The molecule has 0 amide bonds. The van der Waals surface area contributed by atoms with Gasteiger partial charge in [-0.1, -0.05) is 6.58 Å². The van der Waals surface area contributed by atoms with Crippen LogP contribution in [0.15, 0.2) is 12.2 Å². The first kappa shape index (κ1) is 15.6. The van der Waals surface area contributed by atoms with E-state index in [2.05, 4.69) is 6.58 Å². The molecule has 0 saturated heterocycles. The number of hydrogen-bond donors (Lipinski definition) is 2. The lowest BCUT2D eigenvalue weighted by atomic mass is 10.2. The van der Waals surface area contributed by atoms with Crippen LogP contribution in [0.1, 0.15) is 19.3 Å². The van der Waals surface area contributed by atoms with Crippen LogP contribution in [0.2, 0.25) is 0 Å². The quantitative estimate of drug-likeness (QED) is 0.332. The molecule has 17 heavy (non-hydrogen) atoms. The molecule has 0 saturated carbocycles. The second-order valence-electron chi connectivity index (χ2n) is 3.29. The van der Waals surface area contributed by atoms with Crippen molar-refractivity contribution in [1.29, 1.82) is 0 Å². The predicted octanol–water partition coefficient (Wildman–Crippen LogP) is -0.216. The van der Waals surface area contributed by atoms with E-state index in [-0.39, 0.29) is 38.4 Å². The Morgan fingerprint density at radius 1 is 1.00 bits per heavy atom. The van der Waals surface area contributed by atoms with Gasteiger partial charge >= 0.3 is 11.9 Å². The Hall–Kier alpha value is -1.40. The molecule has 2 N–H and O–H groups in total. The molecule has 0 rings (SSSR count). The molecule has 0 atom stereocenters. The van der Waals surface area contributed by atoms with Gasteiger partial charge in [0.25, 0.3) is 0 Å². The van der Waals surface area contributed by atoms with E-state index >= 15 is 0 Å². The Morgan fingerprint density at radius 3 is 2.06 bits per heavy atom. The maximum atomic E-state index is 11.2. The van der Waals surface area contributed by atoms with Crippen LogP contribution < -0.4 is 0 Å². The fourth-order valence-electron chi connectivity index (χ4n) is 0.879. The molecule has 0 aromatic heterocycles. The van der Waals surface area contributed by atoms with Crippen LogP contribution in [0, 0.1) is 0 Å². The second-order valence-corrected chi connectivity index (χ2v) is 3.29. The molecule has 0 aliphatic heterocycles. The van der Waals surface area contributed by atoms with Crippen LogP contribution in [0.4, 0.5) is 0 Å². The zero-order valence-corrected chi connectivity index (χ0v) is 9.68. The highest BCUT2D eigenvalue weighted by atomic mass is 16.5. The van der Waals surface area contributed by atoms with Gasteiger partial charge in [-0.3, -0.25) is 4.79 Å². The van der Waals surface area contributed by atoms with Crippen LogP contribution >= 0.6 is 0 Å². The molecule has 0 aromatic rings. The normalized spacial score (nSPS) is 9.76. The maximum Gasteiger partial charge on any atom is 0.333 e. The summed E-state index contributed by atoms with van der Waals surface area (Å²) in [5, 5.41) is 16.9. The summed E-state index contributed by atoms with van der Waals surface area (Å²) >= 11 is 0. The van der Waals surface area contributed by atoms with E-state index in [0.29, 0.717) is 12.8 Å². The number of rotatable bonds is 9. The molecule has 0 heterocycles. The van der Waals surface area contributed by atoms with Crippen molar-refractivity contribution in [1.82, 2.24) is 0 Å². The number of carbonyl (C=O) groups is 2. The molecule has 0 unspecified atom stereocenters. The second kappa shape index (κ2) is 9.80. The minimum absolute atomic E-state index is 0.0111.